The van der Waals surface area contributed by atoms with Crippen LogP contribution in [0, 0.1) is 5.92 Å². The van der Waals surface area contributed by atoms with Crippen LogP contribution in [-0.4, -0.2) is 18.1 Å². The number of rotatable bonds is 3. The molecule has 1 aromatic heterocycles. The van der Waals surface area contributed by atoms with Gasteiger partial charge in [0.05, 0.1) is 0 Å². The van der Waals surface area contributed by atoms with Crippen molar-refractivity contribution in [1.29, 1.82) is 0 Å². The van der Waals surface area contributed by atoms with Crippen molar-refractivity contribution in [3.05, 3.63) is 22.8 Å². The van der Waals surface area contributed by atoms with Gasteiger partial charge in [-0.2, -0.15) is 0 Å². The number of anilines is 1. The van der Waals surface area contributed by atoms with E-state index in [9.17, 15) is 0 Å². The summed E-state index contributed by atoms with van der Waals surface area (Å²) in [5.74, 6) is 1.64. The maximum atomic E-state index is 4.42. The van der Waals surface area contributed by atoms with Crippen LogP contribution in [0.4, 0.5) is 5.82 Å². The SMILES string of the molecule is CC(C)C(C)N(C)c1cccc(Br)n1. The highest BCUT2D eigenvalue weighted by Crippen LogP contribution is 2.18. The van der Waals surface area contributed by atoms with Crippen molar-refractivity contribution in [2.45, 2.75) is 26.8 Å². The fourth-order valence-electron chi connectivity index (χ4n) is 1.25. The van der Waals surface area contributed by atoms with Gasteiger partial charge in [-0.05, 0) is 40.9 Å². The number of nitrogens with zero attached hydrogens (tertiary/aromatic N) is 2. The lowest BCUT2D eigenvalue weighted by Crippen LogP contribution is -2.33. The van der Waals surface area contributed by atoms with E-state index in [1.165, 1.54) is 0 Å². The highest BCUT2D eigenvalue weighted by molar-refractivity contribution is 9.10. The van der Waals surface area contributed by atoms with Gasteiger partial charge in [0.2, 0.25) is 0 Å². The van der Waals surface area contributed by atoms with E-state index in [-0.39, 0.29) is 0 Å². The lowest BCUT2D eigenvalue weighted by molar-refractivity contribution is 0.502. The van der Waals surface area contributed by atoms with Crippen molar-refractivity contribution >= 4 is 21.7 Å². The zero-order valence-corrected chi connectivity index (χ0v) is 10.7. The van der Waals surface area contributed by atoms with E-state index in [1.54, 1.807) is 0 Å². The largest absolute Gasteiger partial charge is 0.357 e. The van der Waals surface area contributed by atoms with E-state index in [0.29, 0.717) is 12.0 Å². The molecule has 1 aromatic rings. The molecule has 0 aliphatic rings. The Bertz CT molecular complexity index is 299. The minimum atomic E-state index is 0.497. The molecule has 0 amide bonds. The summed E-state index contributed by atoms with van der Waals surface area (Å²) in [6, 6.07) is 6.48. The van der Waals surface area contributed by atoms with Crippen LogP contribution in [0.15, 0.2) is 22.8 Å². The molecular formula is C11H17BrN2. The van der Waals surface area contributed by atoms with Crippen molar-refractivity contribution in [2.75, 3.05) is 11.9 Å². The summed E-state index contributed by atoms with van der Waals surface area (Å²) in [6.07, 6.45) is 0. The first-order valence-electron chi connectivity index (χ1n) is 4.87. The van der Waals surface area contributed by atoms with E-state index in [0.717, 1.165) is 10.4 Å². The minimum Gasteiger partial charge on any atom is -0.357 e. The molecule has 1 heterocycles. The molecule has 0 fully saturated rings. The average molecular weight is 257 g/mol. The topological polar surface area (TPSA) is 16.1 Å². The van der Waals surface area contributed by atoms with Crippen LogP contribution in [0.2, 0.25) is 0 Å². The van der Waals surface area contributed by atoms with Gasteiger partial charge in [-0.25, -0.2) is 4.98 Å². The molecule has 0 radical (unpaired) electrons. The van der Waals surface area contributed by atoms with Crippen LogP contribution in [0.5, 0.6) is 0 Å². The second kappa shape index (κ2) is 4.78. The quantitative estimate of drug-likeness (QED) is 0.772. The van der Waals surface area contributed by atoms with Gasteiger partial charge in [-0.15, -0.1) is 0 Å². The first-order valence-corrected chi connectivity index (χ1v) is 5.67. The van der Waals surface area contributed by atoms with Crippen LogP contribution in [0.1, 0.15) is 20.8 Å². The molecule has 0 bridgehead atoms. The molecule has 3 heteroatoms. The van der Waals surface area contributed by atoms with Crippen LogP contribution in [0.3, 0.4) is 0 Å². The molecule has 0 saturated heterocycles. The molecular weight excluding hydrogens is 240 g/mol. The minimum absolute atomic E-state index is 0.497. The summed E-state index contributed by atoms with van der Waals surface area (Å²) in [7, 11) is 2.08. The van der Waals surface area contributed by atoms with E-state index in [4.69, 9.17) is 0 Å². The molecule has 1 rings (SSSR count). The molecule has 1 unspecified atom stereocenters. The highest BCUT2D eigenvalue weighted by atomic mass is 79.9. The molecule has 14 heavy (non-hydrogen) atoms. The van der Waals surface area contributed by atoms with Gasteiger partial charge in [0.25, 0.3) is 0 Å². The molecule has 0 aromatic carbocycles. The second-order valence-electron chi connectivity index (χ2n) is 3.91. The van der Waals surface area contributed by atoms with Crippen molar-refractivity contribution in [2.24, 2.45) is 5.92 Å². The molecule has 0 spiro atoms. The molecule has 78 valence electrons. The van der Waals surface area contributed by atoms with Gasteiger partial charge in [0.15, 0.2) is 0 Å². The van der Waals surface area contributed by atoms with Crippen molar-refractivity contribution in [3.63, 3.8) is 0 Å². The zero-order chi connectivity index (χ0) is 10.7. The highest BCUT2D eigenvalue weighted by Gasteiger charge is 2.14. The smallest absolute Gasteiger partial charge is 0.129 e. The predicted octanol–water partition coefficient (Wildman–Crippen LogP) is 3.32. The molecule has 0 saturated carbocycles. The Hall–Kier alpha value is -0.570. The normalized spacial score (nSPS) is 13.0. The van der Waals surface area contributed by atoms with E-state index in [2.05, 4.69) is 53.6 Å². The first-order chi connectivity index (χ1) is 6.52. The predicted molar refractivity (Wildman–Crippen MR) is 64.6 cm³/mol. The van der Waals surface area contributed by atoms with Crippen LogP contribution >= 0.6 is 15.9 Å². The van der Waals surface area contributed by atoms with Gasteiger partial charge >= 0.3 is 0 Å². The Kier molecular flexibility index (Phi) is 3.93. The molecule has 0 aliphatic carbocycles. The van der Waals surface area contributed by atoms with Crippen LogP contribution in [-0.2, 0) is 0 Å². The van der Waals surface area contributed by atoms with Gasteiger partial charge in [0.1, 0.15) is 10.4 Å². The summed E-state index contributed by atoms with van der Waals surface area (Å²) < 4.78 is 0.887. The lowest BCUT2D eigenvalue weighted by atomic mass is 10.1. The maximum Gasteiger partial charge on any atom is 0.129 e. The fourth-order valence-corrected chi connectivity index (χ4v) is 1.58. The third-order valence-corrected chi connectivity index (χ3v) is 3.08. The van der Waals surface area contributed by atoms with Crippen LogP contribution in [0.25, 0.3) is 0 Å². The number of pyridine rings is 1. The monoisotopic (exact) mass is 256 g/mol. The molecule has 2 nitrogen and oxygen atoms in total. The van der Waals surface area contributed by atoms with Gasteiger partial charge < -0.3 is 4.90 Å². The number of hydrogen-bond acceptors (Lipinski definition) is 2. The maximum absolute atomic E-state index is 4.42. The van der Waals surface area contributed by atoms with Crippen molar-refractivity contribution in [3.8, 4) is 0 Å². The van der Waals surface area contributed by atoms with E-state index in [1.807, 2.05) is 18.2 Å². The number of halogens is 1. The summed E-state index contributed by atoms with van der Waals surface area (Å²) in [5, 5.41) is 0. The third-order valence-electron chi connectivity index (χ3n) is 2.64. The Morgan fingerprint density at radius 1 is 1.29 bits per heavy atom. The van der Waals surface area contributed by atoms with Gasteiger partial charge in [0, 0.05) is 13.1 Å². The third kappa shape index (κ3) is 2.71. The van der Waals surface area contributed by atoms with Crippen molar-refractivity contribution < 1.29 is 0 Å². The Morgan fingerprint density at radius 3 is 2.43 bits per heavy atom. The second-order valence-corrected chi connectivity index (χ2v) is 4.73. The van der Waals surface area contributed by atoms with Crippen LogP contribution < -0.4 is 4.90 Å². The Labute approximate surface area is 94.5 Å². The van der Waals surface area contributed by atoms with Crippen molar-refractivity contribution in [1.82, 2.24) is 4.98 Å². The fraction of sp³-hybridized carbons (Fsp3) is 0.545. The van der Waals surface area contributed by atoms with E-state index >= 15 is 0 Å². The summed E-state index contributed by atoms with van der Waals surface area (Å²) >= 11 is 3.38. The summed E-state index contributed by atoms with van der Waals surface area (Å²) in [4.78, 5) is 6.62. The Balaban J connectivity index is 2.83. The first kappa shape index (κ1) is 11.5. The molecule has 0 aliphatic heterocycles. The molecule has 1 atom stereocenters. The van der Waals surface area contributed by atoms with E-state index < -0.39 is 0 Å². The average Bonchev–Trinajstić information content (AvgIpc) is 2.15. The number of hydrogen-bond donors (Lipinski definition) is 0. The molecule has 0 N–H and O–H groups in total. The Morgan fingerprint density at radius 2 is 1.93 bits per heavy atom. The van der Waals surface area contributed by atoms with Gasteiger partial charge in [-0.3, -0.25) is 0 Å². The number of aromatic nitrogens is 1. The summed E-state index contributed by atoms with van der Waals surface area (Å²) in [5.41, 5.74) is 0. The zero-order valence-electron chi connectivity index (χ0n) is 9.16. The van der Waals surface area contributed by atoms with Gasteiger partial charge in [-0.1, -0.05) is 19.9 Å². The summed E-state index contributed by atoms with van der Waals surface area (Å²) in [6.45, 7) is 6.66. The standard InChI is InChI=1S/C11H17BrN2/c1-8(2)9(3)14(4)11-7-5-6-10(12)13-11/h5-9H,1-4H3. The lowest BCUT2D eigenvalue weighted by Gasteiger charge is -2.28.